The number of ether oxygens (including phenoxy) is 1. The maximum atomic E-state index is 11.1. The van der Waals surface area contributed by atoms with Crippen LogP contribution in [0, 0.1) is 10.1 Å². The van der Waals surface area contributed by atoms with Crippen LogP contribution in [0.3, 0.4) is 0 Å². The van der Waals surface area contributed by atoms with E-state index in [4.69, 9.17) is 16.3 Å². The summed E-state index contributed by atoms with van der Waals surface area (Å²) in [6.45, 7) is 3.88. The molecule has 2 rings (SSSR count). The Kier molecular flexibility index (Phi) is 4.04. The largest absolute Gasteiger partial charge is 0.377 e. The van der Waals surface area contributed by atoms with Gasteiger partial charge >= 0.3 is 5.69 Å². The van der Waals surface area contributed by atoms with Gasteiger partial charge < -0.3 is 9.64 Å². The van der Waals surface area contributed by atoms with Crippen LogP contribution in [-0.2, 0) is 4.74 Å². The average Bonchev–Trinajstić information content (AvgIpc) is 2.38. The second kappa shape index (κ2) is 5.54. The highest BCUT2D eigenvalue weighted by molar-refractivity contribution is 6.33. The van der Waals surface area contributed by atoms with Crippen LogP contribution in [0.2, 0.25) is 5.02 Å². The minimum atomic E-state index is -0.417. The van der Waals surface area contributed by atoms with E-state index in [1.807, 2.05) is 11.8 Å². The summed E-state index contributed by atoms with van der Waals surface area (Å²) < 4.78 is 5.41. The zero-order valence-corrected chi connectivity index (χ0v) is 10.9. The molecule has 0 amide bonds. The molecule has 1 atom stereocenters. The number of nitrogens with zero attached hydrogens (tertiary/aromatic N) is 2. The van der Waals surface area contributed by atoms with Gasteiger partial charge in [-0.1, -0.05) is 24.6 Å². The van der Waals surface area contributed by atoms with Crippen molar-refractivity contribution in [2.45, 2.75) is 19.4 Å². The first-order valence-corrected chi connectivity index (χ1v) is 6.30. The molecule has 1 aliphatic heterocycles. The lowest BCUT2D eigenvalue weighted by Crippen LogP contribution is -2.45. The topological polar surface area (TPSA) is 55.6 Å². The van der Waals surface area contributed by atoms with Crippen LogP contribution in [-0.4, -0.2) is 30.7 Å². The predicted octanol–water partition coefficient (Wildman–Crippen LogP) is 2.86. The Morgan fingerprint density at radius 1 is 1.61 bits per heavy atom. The second-order valence-corrected chi connectivity index (χ2v) is 4.60. The van der Waals surface area contributed by atoms with E-state index in [0.29, 0.717) is 25.4 Å². The number of rotatable bonds is 3. The van der Waals surface area contributed by atoms with Gasteiger partial charge in [0.25, 0.3) is 0 Å². The van der Waals surface area contributed by atoms with Crippen molar-refractivity contribution in [3.8, 4) is 0 Å². The highest BCUT2D eigenvalue weighted by Crippen LogP contribution is 2.36. The first-order chi connectivity index (χ1) is 8.65. The van der Waals surface area contributed by atoms with Gasteiger partial charge in [-0.25, -0.2) is 0 Å². The van der Waals surface area contributed by atoms with Crippen LogP contribution in [0.25, 0.3) is 0 Å². The standard InChI is InChI=1S/C12H15ClN2O3/c1-2-9-8-18-7-6-14(9)11-5-3-4-10(13)12(11)15(16)17/h3-5,9H,2,6-8H2,1H3. The number of para-hydroxylation sites is 1. The van der Waals surface area contributed by atoms with E-state index in [-0.39, 0.29) is 16.8 Å². The monoisotopic (exact) mass is 270 g/mol. The van der Waals surface area contributed by atoms with Gasteiger partial charge in [0.2, 0.25) is 0 Å². The lowest BCUT2D eigenvalue weighted by Gasteiger charge is -2.36. The Balaban J connectivity index is 2.42. The Morgan fingerprint density at radius 3 is 3.06 bits per heavy atom. The summed E-state index contributed by atoms with van der Waals surface area (Å²) in [5, 5.41) is 11.3. The van der Waals surface area contributed by atoms with E-state index in [1.54, 1.807) is 18.2 Å². The predicted molar refractivity (Wildman–Crippen MR) is 70.4 cm³/mol. The molecule has 0 bridgehead atoms. The molecule has 1 unspecified atom stereocenters. The molecule has 1 fully saturated rings. The quantitative estimate of drug-likeness (QED) is 0.626. The van der Waals surface area contributed by atoms with Gasteiger partial charge in [-0.05, 0) is 18.6 Å². The lowest BCUT2D eigenvalue weighted by molar-refractivity contribution is -0.384. The van der Waals surface area contributed by atoms with Crippen LogP contribution in [0.15, 0.2) is 18.2 Å². The Labute approximate surface area is 110 Å². The molecule has 1 aromatic carbocycles. The van der Waals surface area contributed by atoms with E-state index < -0.39 is 4.92 Å². The Bertz CT molecular complexity index is 453. The van der Waals surface area contributed by atoms with Gasteiger partial charge in [-0.2, -0.15) is 0 Å². The van der Waals surface area contributed by atoms with Crippen molar-refractivity contribution in [3.63, 3.8) is 0 Å². The first-order valence-electron chi connectivity index (χ1n) is 5.92. The minimum absolute atomic E-state index is 0.0143. The van der Waals surface area contributed by atoms with Crippen LogP contribution in [0.5, 0.6) is 0 Å². The third kappa shape index (κ3) is 2.42. The van der Waals surface area contributed by atoms with Gasteiger partial charge in [-0.3, -0.25) is 10.1 Å². The molecule has 0 radical (unpaired) electrons. The fourth-order valence-corrected chi connectivity index (χ4v) is 2.47. The van der Waals surface area contributed by atoms with Crippen molar-refractivity contribution in [2.75, 3.05) is 24.7 Å². The first kappa shape index (κ1) is 13.1. The molecule has 18 heavy (non-hydrogen) atoms. The number of benzene rings is 1. The van der Waals surface area contributed by atoms with Crippen molar-refractivity contribution < 1.29 is 9.66 Å². The molecule has 0 N–H and O–H groups in total. The molecule has 1 heterocycles. The Hall–Kier alpha value is -1.33. The molecular formula is C12H15ClN2O3. The molecule has 5 nitrogen and oxygen atoms in total. The van der Waals surface area contributed by atoms with Crippen molar-refractivity contribution in [1.29, 1.82) is 0 Å². The molecular weight excluding hydrogens is 256 g/mol. The van der Waals surface area contributed by atoms with Crippen LogP contribution >= 0.6 is 11.6 Å². The molecule has 0 saturated carbocycles. The molecule has 0 aliphatic carbocycles. The van der Waals surface area contributed by atoms with E-state index in [2.05, 4.69) is 0 Å². The van der Waals surface area contributed by atoms with Gasteiger partial charge in [0.15, 0.2) is 0 Å². The van der Waals surface area contributed by atoms with Crippen LogP contribution < -0.4 is 4.90 Å². The lowest BCUT2D eigenvalue weighted by atomic mass is 10.1. The highest BCUT2D eigenvalue weighted by Gasteiger charge is 2.29. The van der Waals surface area contributed by atoms with Crippen molar-refractivity contribution in [3.05, 3.63) is 33.3 Å². The van der Waals surface area contributed by atoms with E-state index in [9.17, 15) is 10.1 Å². The third-order valence-electron chi connectivity index (χ3n) is 3.16. The van der Waals surface area contributed by atoms with Crippen molar-refractivity contribution >= 4 is 23.0 Å². The summed E-state index contributed by atoms with van der Waals surface area (Å²) in [6.07, 6.45) is 0.879. The van der Waals surface area contributed by atoms with Gasteiger partial charge in [-0.15, -0.1) is 0 Å². The number of morpholine rings is 1. The third-order valence-corrected chi connectivity index (χ3v) is 3.46. The van der Waals surface area contributed by atoms with E-state index in [1.165, 1.54) is 0 Å². The fourth-order valence-electron chi connectivity index (χ4n) is 2.23. The van der Waals surface area contributed by atoms with Crippen molar-refractivity contribution in [2.24, 2.45) is 0 Å². The zero-order chi connectivity index (χ0) is 13.1. The number of nitro groups is 1. The normalized spacial score (nSPS) is 19.9. The molecule has 1 aromatic rings. The Morgan fingerprint density at radius 2 is 2.39 bits per heavy atom. The molecule has 0 aromatic heterocycles. The number of hydrogen-bond donors (Lipinski definition) is 0. The average molecular weight is 271 g/mol. The number of anilines is 1. The summed E-state index contributed by atoms with van der Waals surface area (Å²) in [4.78, 5) is 12.7. The minimum Gasteiger partial charge on any atom is -0.377 e. The number of halogens is 1. The summed E-state index contributed by atoms with van der Waals surface area (Å²) >= 11 is 5.93. The SMILES string of the molecule is CCC1COCCN1c1cccc(Cl)c1[N+](=O)[O-]. The van der Waals surface area contributed by atoms with Crippen LogP contribution in [0.4, 0.5) is 11.4 Å². The molecule has 1 saturated heterocycles. The van der Waals surface area contributed by atoms with Gasteiger partial charge in [0, 0.05) is 6.54 Å². The molecule has 6 heteroatoms. The van der Waals surface area contributed by atoms with Crippen molar-refractivity contribution in [1.82, 2.24) is 0 Å². The zero-order valence-electron chi connectivity index (χ0n) is 10.1. The van der Waals surface area contributed by atoms with E-state index >= 15 is 0 Å². The summed E-state index contributed by atoms with van der Waals surface area (Å²) in [5.41, 5.74) is 0.571. The van der Waals surface area contributed by atoms with Crippen LogP contribution in [0.1, 0.15) is 13.3 Å². The summed E-state index contributed by atoms with van der Waals surface area (Å²) in [5.74, 6) is 0. The van der Waals surface area contributed by atoms with Gasteiger partial charge in [0.05, 0.1) is 24.2 Å². The molecule has 1 aliphatic rings. The number of nitro benzene ring substituents is 1. The molecule has 98 valence electrons. The second-order valence-electron chi connectivity index (χ2n) is 4.20. The summed E-state index contributed by atoms with van der Waals surface area (Å²) in [6, 6.07) is 5.20. The number of hydrogen-bond acceptors (Lipinski definition) is 4. The summed E-state index contributed by atoms with van der Waals surface area (Å²) in [7, 11) is 0. The van der Waals surface area contributed by atoms with Gasteiger partial charge in [0.1, 0.15) is 10.7 Å². The smallest absolute Gasteiger partial charge is 0.310 e. The molecule has 0 spiro atoms. The fraction of sp³-hybridized carbons (Fsp3) is 0.500. The maximum Gasteiger partial charge on any atom is 0.310 e. The maximum absolute atomic E-state index is 11.1. The highest BCUT2D eigenvalue weighted by atomic mass is 35.5. The van der Waals surface area contributed by atoms with E-state index in [0.717, 1.165) is 6.42 Å².